The van der Waals surface area contributed by atoms with Crippen LogP contribution in [0.25, 0.3) is 0 Å². The van der Waals surface area contributed by atoms with Gasteiger partial charge in [0.25, 0.3) is 0 Å². The Morgan fingerprint density at radius 3 is 2.61 bits per heavy atom. The summed E-state index contributed by atoms with van der Waals surface area (Å²) in [5, 5.41) is 20.8. The molecule has 0 bridgehead atoms. The molecule has 0 spiro atoms. The molecule has 0 heterocycles. The van der Waals surface area contributed by atoms with Crippen LogP contribution in [-0.2, 0) is 4.79 Å². The normalized spacial score (nSPS) is 42.9. The van der Waals surface area contributed by atoms with Crippen molar-refractivity contribution < 1.29 is 15.0 Å². The molecule has 0 aromatic carbocycles. The van der Waals surface area contributed by atoms with E-state index in [4.69, 9.17) is 0 Å². The molecule has 5 atom stereocenters. The molecule has 23 heavy (non-hydrogen) atoms. The van der Waals surface area contributed by atoms with E-state index in [1.807, 2.05) is 0 Å². The van der Waals surface area contributed by atoms with E-state index in [2.05, 4.69) is 27.4 Å². The lowest BCUT2D eigenvalue weighted by Gasteiger charge is -2.61. The van der Waals surface area contributed by atoms with Crippen molar-refractivity contribution in [1.29, 1.82) is 0 Å². The Morgan fingerprint density at radius 2 is 2.00 bits per heavy atom. The average molecular weight is 318 g/mol. The number of aliphatic hydroxyl groups excluding tert-OH is 2. The standard InChI is InChI=1S/C20H30O3/c1-5-12-13(11-21)18-14(9-15(12)22)20(4)8-6-7-19(2,3)17(20)10-16(18)23/h5,14,16-18,21,23H,1,6-11H2,2-4H3/t14-,16-,17+,18-,20+/m1/s1. The van der Waals surface area contributed by atoms with Crippen LogP contribution in [0.2, 0.25) is 0 Å². The van der Waals surface area contributed by atoms with Gasteiger partial charge in [0.2, 0.25) is 0 Å². The first kappa shape index (κ1) is 16.9. The lowest BCUT2D eigenvalue weighted by atomic mass is 9.43. The molecule has 128 valence electrons. The van der Waals surface area contributed by atoms with E-state index < -0.39 is 6.10 Å². The van der Waals surface area contributed by atoms with Gasteiger partial charge in [-0.2, -0.15) is 0 Å². The minimum absolute atomic E-state index is 0.0639. The van der Waals surface area contributed by atoms with Crippen molar-refractivity contribution in [2.24, 2.45) is 28.6 Å². The van der Waals surface area contributed by atoms with Crippen LogP contribution >= 0.6 is 0 Å². The smallest absolute Gasteiger partial charge is 0.163 e. The van der Waals surface area contributed by atoms with Crippen LogP contribution in [0.5, 0.6) is 0 Å². The van der Waals surface area contributed by atoms with E-state index in [0.717, 1.165) is 18.4 Å². The Morgan fingerprint density at radius 1 is 1.30 bits per heavy atom. The highest BCUT2D eigenvalue weighted by molar-refractivity contribution is 6.00. The predicted octanol–water partition coefficient (Wildman–Crippen LogP) is 3.26. The summed E-state index contributed by atoms with van der Waals surface area (Å²) in [6.07, 6.45) is 5.83. The first-order valence-electron chi connectivity index (χ1n) is 8.94. The molecule has 0 aliphatic heterocycles. The van der Waals surface area contributed by atoms with Crippen molar-refractivity contribution in [1.82, 2.24) is 0 Å². The van der Waals surface area contributed by atoms with Crippen molar-refractivity contribution in [3.05, 3.63) is 23.8 Å². The number of aliphatic hydroxyl groups is 2. The number of carbonyl (C=O) groups excluding carboxylic acids is 1. The first-order valence-corrected chi connectivity index (χ1v) is 8.94. The predicted molar refractivity (Wildman–Crippen MR) is 90.8 cm³/mol. The zero-order valence-corrected chi connectivity index (χ0v) is 14.6. The van der Waals surface area contributed by atoms with Gasteiger partial charge in [-0.25, -0.2) is 0 Å². The number of ketones is 1. The second-order valence-electron chi connectivity index (χ2n) is 8.76. The van der Waals surface area contributed by atoms with Gasteiger partial charge in [0.15, 0.2) is 5.78 Å². The molecule has 3 nitrogen and oxygen atoms in total. The number of rotatable bonds is 2. The van der Waals surface area contributed by atoms with Crippen molar-refractivity contribution >= 4 is 5.78 Å². The van der Waals surface area contributed by atoms with Crippen molar-refractivity contribution in [2.45, 2.75) is 59.0 Å². The van der Waals surface area contributed by atoms with E-state index in [-0.39, 0.29) is 35.1 Å². The average Bonchev–Trinajstić information content (AvgIpc) is 2.48. The maximum Gasteiger partial charge on any atom is 0.163 e. The fourth-order valence-electron chi connectivity index (χ4n) is 6.20. The molecule has 0 saturated heterocycles. The van der Waals surface area contributed by atoms with Crippen LogP contribution in [-0.4, -0.2) is 28.7 Å². The molecule has 3 rings (SSSR count). The SMILES string of the molecule is C=CC1=C(CO)[C@H]2[C@H](O)C[C@H]3C(C)(C)CCC[C@@]3(C)[C@@H]2CC1=O. The monoisotopic (exact) mass is 318 g/mol. The van der Waals surface area contributed by atoms with E-state index in [1.165, 1.54) is 12.8 Å². The lowest BCUT2D eigenvalue weighted by molar-refractivity contribution is -0.148. The maximum atomic E-state index is 12.6. The zero-order chi connectivity index (χ0) is 17.0. The van der Waals surface area contributed by atoms with Crippen LogP contribution in [0.1, 0.15) is 52.9 Å². The molecule has 3 aliphatic carbocycles. The third kappa shape index (κ3) is 2.35. The summed E-state index contributed by atoms with van der Waals surface area (Å²) in [4.78, 5) is 12.6. The number of allylic oxidation sites excluding steroid dienone is 2. The van der Waals surface area contributed by atoms with Crippen molar-refractivity contribution in [2.75, 3.05) is 6.61 Å². The third-order valence-electron chi connectivity index (χ3n) is 7.28. The molecule has 0 amide bonds. The Kier molecular flexibility index (Phi) is 4.09. The zero-order valence-electron chi connectivity index (χ0n) is 14.6. The molecule has 3 heteroatoms. The van der Waals surface area contributed by atoms with E-state index in [1.54, 1.807) is 6.08 Å². The van der Waals surface area contributed by atoms with E-state index in [0.29, 0.717) is 17.9 Å². The maximum absolute atomic E-state index is 12.6. The van der Waals surface area contributed by atoms with Crippen molar-refractivity contribution in [3.63, 3.8) is 0 Å². The Balaban J connectivity index is 2.10. The number of hydrogen-bond donors (Lipinski definition) is 2. The van der Waals surface area contributed by atoms with Crippen molar-refractivity contribution in [3.8, 4) is 0 Å². The second kappa shape index (κ2) is 5.56. The Bertz CT molecular complexity index is 559. The van der Waals surface area contributed by atoms with E-state index in [9.17, 15) is 15.0 Å². The van der Waals surface area contributed by atoms with Gasteiger partial charge in [0, 0.05) is 17.9 Å². The molecule has 2 saturated carbocycles. The highest BCUT2D eigenvalue weighted by Crippen LogP contribution is 2.63. The summed E-state index contributed by atoms with van der Waals surface area (Å²) in [6, 6.07) is 0. The van der Waals surface area contributed by atoms with Crippen LogP contribution in [0.3, 0.4) is 0 Å². The van der Waals surface area contributed by atoms with Gasteiger partial charge >= 0.3 is 0 Å². The number of Topliss-reactive ketones (excluding diaryl/α,β-unsaturated/α-hetero) is 1. The Hall–Kier alpha value is -0.930. The molecule has 0 aromatic rings. The molecular formula is C20H30O3. The van der Waals surface area contributed by atoms with Gasteiger partial charge in [-0.3, -0.25) is 4.79 Å². The van der Waals surface area contributed by atoms with Gasteiger partial charge in [0.1, 0.15) is 0 Å². The number of carbonyl (C=O) groups is 1. The number of hydrogen-bond acceptors (Lipinski definition) is 3. The fourth-order valence-corrected chi connectivity index (χ4v) is 6.20. The number of fused-ring (bicyclic) bond motifs is 3. The van der Waals surface area contributed by atoms with Gasteiger partial charge in [-0.1, -0.05) is 39.8 Å². The fraction of sp³-hybridized carbons (Fsp3) is 0.750. The summed E-state index contributed by atoms with van der Waals surface area (Å²) in [5.74, 6) is 0.552. The van der Waals surface area contributed by atoms with Gasteiger partial charge in [-0.05, 0) is 47.5 Å². The van der Waals surface area contributed by atoms with Crippen LogP contribution in [0.15, 0.2) is 23.8 Å². The first-order chi connectivity index (χ1) is 10.8. The summed E-state index contributed by atoms with van der Waals surface area (Å²) < 4.78 is 0. The molecule has 3 aliphatic rings. The quantitative estimate of drug-likeness (QED) is 0.821. The minimum Gasteiger partial charge on any atom is -0.392 e. The topological polar surface area (TPSA) is 57.5 Å². The van der Waals surface area contributed by atoms with E-state index >= 15 is 0 Å². The third-order valence-corrected chi connectivity index (χ3v) is 7.28. The van der Waals surface area contributed by atoms with Gasteiger partial charge in [-0.15, -0.1) is 0 Å². The molecule has 0 aromatic heterocycles. The second-order valence-corrected chi connectivity index (χ2v) is 8.76. The molecule has 0 unspecified atom stereocenters. The molecule has 0 radical (unpaired) electrons. The lowest BCUT2D eigenvalue weighted by Crippen LogP contribution is -2.58. The minimum atomic E-state index is -0.472. The highest BCUT2D eigenvalue weighted by Gasteiger charge is 2.59. The van der Waals surface area contributed by atoms with Gasteiger partial charge < -0.3 is 10.2 Å². The highest BCUT2D eigenvalue weighted by atomic mass is 16.3. The van der Waals surface area contributed by atoms with Crippen LogP contribution in [0, 0.1) is 28.6 Å². The largest absolute Gasteiger partial charge is 0.392 e. The molecule has 2 N–H and O–H groups in total. The molecule has 2 fully saturated rings. The van der Waals surface area contributed by atoms with Gasteiger partial charge in [0.05, 0.1) is 12.7 Å². The van der Waals surface area contributed by atoms with Crippen LogP contribution in [0.4, 0.5) is 0 Å². The van der Waals surface area contributed by atoms with Crippen LogP contribution < -0.4 is 0 Å². The summed E-state index contributed by atoms with van der Waals surface area (Å²) in [5.41, 5.74) is 1.53. The summed E-state index contributed by atoms with van der Waals surface area (Å²) in [6.45, 7) is 10.5. The molecular weight excluding hydrogens is 288 g/mol. The summed E-state index contributed by atoms with van der Waals surface area (Å²) in [7, 11) is 0. The summed E-state index contributed by atoms with van der Waals surface area (Å²) >= 11 is 0. The Labute approximate surface area is 139 Å².